The highest BCUT2D eigenvalue weighted by Gasteiger charge is 2.24. The summed E-state index contributed by atoms with van der Waals surface area (Å²) in [5, 5.41) is 12.9. The Balaban J connectivity index is 1.47. The third-order valence-corrected chi connectivity index (χ3v) is 6.40. The van der Waals surface area contributed by atoms with E-state index in [2.05, 4.69) is 22.7 Å². The van der Waals surface area contributed by atoms with Gasteiger partial charge in [-0.2, -0.15) is 10.4 Å². The summed E-state index contributed by atoms with van der Waals surface area (Å²) in [6.07, 6.45) is 4.99. The fourth-order valence-electron chi connectivity index (χ4n) is 4.71. The summed E-state index contributed by atoms with van der Waals surface area (Å²) >= 11 is 0. The van der Waals surface area contributed by atoms with Gasteiger partial charge in [0.2, 0.25) is 0 Å². The van der Waals surface area contributed by atoms with Crippen LogP contribution < -0.4 is 22.1 Å². The highest BCUT2D eigenvalue weighted by Crippen LogP contribution is 2.28. The highest BCUT2D eigenvalue weighted by molar-refractivity contribution is 5.44. The molecule has 2 aliphatic rings. The number of fused-ring (bicyclic) bond motifs is 2. The van der Waals surface area contributed by atoms with E-state index in [9.17, 15) is 14.9 Å². The Morgan fingerprint density at radius 3 is 3.03 bits per heavy atom. The van der Waals surface area contributed by atoms with Crippen molar-refractivity contribution in [2.45, 2.75) is 38.5 Å². The van der Waals surface area contributed by atoms with E-state index in [1.54, 1.807) is 22.3 Å². The van der Waals surface area contributed by atoms with E-state index in [0.717, 1.165) is 28.8 Å². The van der Waals surface area contributed by atoms with Gasteiger partial charge in [-0.3, -0.25) is 23.8 Å². The third-order valence-electron chi connectivity index (χ3n) is 6.40. The second kappa shape index (κ2) is 8.22. The molecule has 5 rings (SSSR count). The largest absolute Gasteiger partial charge is 0.383 e. The minimum atomic E-state index is -0.248. The molecule has 0 aliphatic carbocycles. The van der Waals surface area contributed by atoms with E-state index in [1.807, 2.05) is 24.3 Å². The maximum atomic E-state index is 12.6. The lowest BCUT2D eigenvalue weighted by atomic mass is 9.95. The number of nitriles is 1. The van der Waals surface area contributed by atoms with Crippen LogP contribution in [0.4, 0.5) is 0 Å². The van der Waals surface area contributed by atoms with Crippen LogP contribution in [0.3, 0.4) is 0 Å². The van der Waals surface area contributed by atoms with E-state index in [0.29, 0.717) is 49.1 Å². The molecular weight excluding hydrogens is 420 g/mol. The standard InChI is InChI=1S/C24H24N6O3/c1-3-9-30-20-7-6-19(26-22(20)28(2)24(30)32)17-11-15(4-5-16(17)12-25)13-29-10-8-21-18(14-29)23(31)27-33-21/h3-5,7,11,19H,1,6,8-10,13-14H2,2H3,(H,27,31). The van der Waals surface area contributed by atoms with Gasteiger partial charge in [0.15, 0.2) is 5.49 Å². The van der Waals surface area contributed by atoms with Gasteiger partial charge in [-0.25, -0.2) is 4.79 Å². The molecule has 2 aliphatic heterocycles. The number of rotatable bonds is 5. The monoisotopic (exact) mass is 444 g/mol. The van der Waals surface area contributed by atoms with Crippen LogP contribution in [0.25, 0.3) is 6.08 Å². The summed E-state index contributed by atoms with van der Waals surface area (Å²) in [4.78, 5) is 31.6. The number of nitrogens with one attached hydrogen (secondary N) is 1. The van der Waals surface area contributed by atoms with E-state index < -0.39 is 0 Å². The molecule has 0 amide bonds. The summed E-state index contributed by atoms with van der Waals surface area (Å²) in [7, 11) is 1.71. The smallest absolute Gasteiger partial charge is 0.330 e. The molecule has 0 radical (unpaired) electrons. The molecular formula is C24H24N6O3. The zero-order valence-corrected chi connectivity index (χ0v) is 18.4. The lowest BCUT2D eigenvalue weighted by Gasteiger charge is -2.25. The van der Waals surface area contributed by atoms with Gasteiger partial charge in [0, 0.05) is 39.6 Å². The summed E-state index contributed by atoms with van der Waals surface area (Å²) in [5.41, 5.74) is 3.47. The molecule has 3 aromatic rings. The topological polar surface area (TPSA) is 112 Å². The van der Waals surface area contributed by atoms with Gasteiger partial charge >= 0.3 is 5.69 Å². The maximum absolute atomic E-state index is 12.6. The summed E-state index contributed by atoms with van der Waals surface area (Å²) in [5.74, 6) is 0.734. The van der Waals surface area contributed by atoms with Gasteiger partial charge in [0.05, 0.1) is 28.6 Å². The molecule has 0 fully saturated rings. The number of allylic oxidation sites excluding steroid dienone is 1. The van der Waals surface area contributed by atoms with Crippen LogP contribution in [-0.4, -0.2) is 25.7 Å². The fraction of sp³-hybridized carbons (Fsp3) is 0.333. The molecule has 0 spiro atoms. The SMILES string of the molecule is C=CCn1c2c(n(C)c1=O)=NC(c1cc(CN3CCc4o[nH]c(=O)c4C3)ccc1C#N)CC=2. The maximum Gasteiger partial charge on any atom is 0.330 e. The number of hydrogen-bond acceptors (Lipinski definition) is 6. The predicted molar refractivity (Wildman–Crippen MR) is 121 cm³/mol. The molecule has 0 saturated heterocycles. The molecule has 168 valence electrons. The normalized spacial score (nSPS) is 17.4. The zero-order chi connectivity index (χ0) is 23.1. The minimum absolute atomic E-state index is 0.131. The molecule has 0 bridgehead atoms. The van der Waals surface area contributed by atoms with Crippen molar-refractivity contribution < 1.29 is 4.52 Å². The Labute approximate surface area is 189 Å². The highest BCUT2D eigenvalue weighted by atomic mass is 16.5. The number of H-pyrrole nitrogens is 1. The van der Waals surface area contributed by atoms with Crippen molar-refractivity contribution in [1.82, 2.24) is 19.2 Å². The number of aromatic nitrogens is 3. The number of aromatic amines is 1. The lowest BCUT2D eigenvalue weighted by Crippen LogP contribution is -2.36. The summed E-state index contributed by atoms with van der Waals surface area (Å²) in [6.45, 7) is 6.12. The van der Waals surface area contributed by atoms with Crippen molar-refractivity contribution in [3.05, 3.63) is 90.5 Å². The second-order valence-corrected chi connectivity index (χ2v) is 8.46. The van der Waals surface area contributed by atoms with Gasteiger partial charge in [-0.1, -0.05) is 24.3 Å². The van der Waals surface area contributed by atoms with Crippen LogP contribution in [0, 0.1) is 11.3 Å². The quantitative estimate of drug-likeness (QED) is 0.580. The van der Waals surface area contributed by atoms with Crippen molar-refractivity contribution in [1.29, 1.82) is 5.26 Å². The first-order chi connectivity index (χ1) is 16.0. The van der Waals surface area contributed by atoms with Crippen LogP contribution in [-0.2, 0) is 33.1 Å². The van der Waals surface area contributed by atoms with Crippen LogP contribution >= 0.6 is 0 Å². The van der Waals surface area contributed by atoms with Crippen LogP contribution in [0.5, 0.6) is 0 Å². The molecule has 9 heteroatoms. The first kappa shape index (κ1) is 21.0. The van der Waals surface area contributed by atoms with Crippen molar-refractivity contribution in [2.24, 2.45) is 12.0 Å². The first-order valence-corrected chi connectivity index (χ1v) is 10.9. The Kier molecular flexibility index (Phi) is 5.23. The zero-order valence-electron chi connectivity index (χ0n) is 18.4. The van der Waals surface area contributed by atoms with Crippen molar-refractivity contribution in [3.8, 4) is 6.07 Å². The molecule has 4 heterocycles. The van der Waals surface area contributed by atoms with E-state index >= 15 is 0 Å². The number of imidazole rings is 1. The van der Waals surface area contributed by atoms with Gasteiger partial charge in [0.25, 0.3) is 5.56 Å². The molecule has 2 aromatic heterocycles. The molecule has 1 N–H and O–H groups in total. The van der Waals surface area contributed by atoms with E-state index in [-0.39, 0.29) is 17.3 Å². The molecule has 1 atom stereocenters. The number of hydrogen-bond donors (Lipinski definition) is 1. The minimum Gasteiger partial charge on any atom is -0.383 e. The van der Waals surface area contributed by atoms with Crippen LogP contribution in [0.1, 0.15) is 40.5 Å². The Morgan fingerprint density at radius 2 is 2.24 bits per heavy atom. The predicted octanol–water partition coefficient (Wildman–Crippen LogP) is 0.629. The van der Waals surface area contributed by atoms with Gasteiger partial charge in [0.1, 0.15) is 5.76 Å². The number of nitrogens with zero attached hydrogens (tertiary/aromatic N) is 5. The van der Waals surface area contributed by atoms with Crippen molar-refractivity contribution in [2.75, 3.05) is 6.54 Å². The summed E-state index contributed by atoms with van der Waals surface area (Å²) < 4.78 is 8.44. The van der Waals surface area contributed by atoms with Crippen molar-refractivity contribution >= 4 is 6.08 Å². The molecule has 1 aromatic carbocycles. The van der Waals surface area contributed by atoms with Crippen LogP contribution in [0.2, 0.25) is 0 Å². The molecule has 0 saturated carbocycles. The first-order valence-electron chi connectivity index (χ1n) is 10.9. The molecule has 33 heavy (non-hydrogen) atoms. The Hall–Kier alpha value is -3.90. The lowest BCUT2D eigenvalue weighted by molar-refractivity contribution is 0.228. The number of benzene rings is 1. The van der Waals surface area contributed by atoms with Crippen molar-refractivity contribution in [3.63, 3.8) is 0 Å². The van der Waals surface area contributed by atoms with Crippen LogP contribution in [0.15, 0.2) is 50.0 Å². The van der Waals surface area contributed by atoms with Gasteiger partial charge < -0.3 is 4.52 Å². The second-order valence-electron chi connectivity index (χ2n) is 8.46. The fourth-order valence-corrected chi connectivity index (χ4v) is 4.71. The Morgan fingerprint density at radius 1 is 1.39 bits per heavy atom. The van der Waals surface area contributed by atoms with Gasteiger partial charge in [-0.15, -0.1) is 6.58 Å². The Bertz CT molecular complexity index is 1530. The summed E-state index contributed by atoms with van der Waals surface area (Å²) in [6, 6.07) is 7.84. The van der Waals surface area contributed by atoms with E-state index in [1.165, 1.54) is 0 Å². The third kappa shape index (κ3) is 3.58. The molecule has 9 nitrogen and oxygen atoms in total. The van der Waals surface area contributed by atoms with E-state index in [4.69, 9.17) is 9.52 Å². The molecule has 1 unspecified atom stereocenters. The average Bonchev–Trinajstić information content (AvgIpc) is 3.31. The average molecular weight is 444 g/mol. The van der Waals surface area contributed by atoms with Gasteiger partial charge in [-0.05, 0) is 23.6 Å².